The number of benzene rings is 1. The van der Waals surface area contributed by atoms with Gasteiger partial charge in [-0.2, -0.15) is 22.7 Å². The Balaban J connectivity index is 1.44. The van der Waals surface area contributed by atoms with Crippen molar-refractivity contribution in [3.8, 4) is 5.75 Å². The molecule has 5 rings (SSSR count). The van der Waals surface area contributed by atoms with Crippen molar-refractivity contribution in [2.45, 2.75) is 37.6 Å². The minimum atomic E-state index is -4.91. The number of nitrogens with two attached hydrogens (primary N) is 1. The number of anilines is 1. The van der Waals surface area contributed by atoms with Gasteiger partial charge in [-0.25, -0.2) is 4.39 Å². The van der Waals surface area contributed by atoms with Crippen LogP contribution in [0.15, 0.2) is 18.2 Å². The molecular weight excluding hydrogens is 569 g/mol. The van der Waals surface area contributed by atoms with E-state index in [0.717, 1.165) is 42.9 Å². The van der Waals surface area contributed by atoms with Gasteiger partial charge in [-0.1, -0.05) is 13.0 Å². The molecule has 3 N–H and O–H groups in total. The SMILES string of the molecule is C[C@H]1[C@@H](c2ccc(F)c(F)c2OCCN2C[C@H]3COC[C@H]3C2)[C@H](C(=O)Nc2cc(C(N)=O)nn2C)O[C@@]1(C)C(F)(F)F. The van der Waals surface area contributed by atoms with Crippen molar-refractivity contribution in [3.05, 3.63) is 41.1 Å². The second-order valence-electron chi connectivity index (χ2n) is 11.3. The number of aryl methyl sites for hydroxylation is 1. The monoisotopic (exact) mass is 601 g/mol. The van der Waals surface area contributed by atoms with Crippen LogP contribution in [0.4, 0.5) is 27.8 Å². The van der Waals surface area contributed by atoms with Gasteiger partial charge in [0.25, 0.3) is 11.8 Å². The Hall–Kier alpha value is -3.30. The normalized spacial score (nSPS) is 29.6. The van der Waals surface area contributed by atoms with Crippen molar-refractivity contribution < 1.29 is 45.8 Å². The average Bonchev–Trinajstić information content (AvgIpc) is 3.66. The zero-order chi connectivity index (χ0) is 30.6. The first-order chi connectivity index (χ1) is 19.7. The van der Waals surface area contributed by atoms with Gasteiger partial charge in [-0.15, -0.1) is 0 Å². The van der Waals surface area contributed by atoms with Gasteiger partial charge in [0.15, 0.2) is 22.9 Å². The van der Waals surface area contributed by atoms with E-state index in [4.69, 9.17) is 19.9 Å². The maximum absolute atomic E-state index is 15.2. The van der Waals surface area contributed by atoms with E-state index in [9.17, 15) is 27.2 Å². The number of nitrogens with one attached hydrogen (secondary N) is 1. The number of rotatable bonds is 8. The molecule has 3 saturated heterocycles. The molecule has 4 heterocycles. The number of hydrogen-bond donors (Lipinski definition) is 2. The summed E-state index contributed by atoms with van der Waals surface area (Å²) in [6.07, 6.45) is -6.72. The van der Waals surface area contributed by atoms with Crippen LogP contribution in [0.25, 0.3) is 0 Å². The summed E-state index contributed by atoms with van der Waals surface area (Å²) < 4.78 is 90.3. The molecule has 0 saturated carbocycles. The summed E-state index contributed by atoms with van der Waals surface area (Å²) in [6, 6.07) is 3.05. The Labute approximate surface area is 238 Å². The third-order valence-electron chi connectivity index (χ3n) is 8.72. The van der Waals surface area contributed by atoms with Crippen LogP contribution in [0, 0.1) is 29.4 Å². The van der Waals surface area contributed by atoms with E-state index in [1.807, 2.05) is 0 Å². The number of ether oxygens (including phenoxy) is 3. The minimum Gasteiger partial charge on any atom is -0.489 e. The van der Waals surface area contributed by atoms with Gasteiger partial charge in [0.1, 0.15) is 18.5 Å². The molecule has 0 unspecified atom stereocenters. The van der Waals surface area contributed by atoms with E-state index in [-0.39, 0.29) is 23.7 Å². The highest BCUT2D eigenvalue weighted by molar-refractivity contribution is 5.97. The molecule has 1 aromatic carbocycles. The van der Waals surface area contributed by atoms with E-state index >= 15 is 4.39 Å². The van der Waals surface area contributed by atoms with Crippen LogP contribution in [0.3, 0.4) is 0 Å². The molecule has 6 atom stereocenters. The van der Waals surface area contributed by atoms with E-state index in [0.29, 0.717) is 31.6 Å². The lowest BCUT2D eigenvalue weighted by Gasteiger charge is -2.32. The number of fused-ring (bicyclic) bond motifs is 1. The quantitative estimate of drug-likeness (QED) is 0.447. The number of aromatic nitrogens is 2. The van der Waals surface area contributed by atoms with Crippen molar-refractivity contribution in [1.82, 2.24) is 14.7 Å². The summed E-state index contributed by atoms with van der Waals surface area (Å²) in [4.78, 5) is 27.1. The minimum absolute atomic E-state index is 0.0352. The number of likely N-dealkylation sites (tertiary alicyclic amines) is 1. The third kappa shape index (κ3) is 5.33. The molecule has 1 aromatic heterocycles. The summed E-state index contributed by atoms with van der Waals surface area (Å²) in [6.45, 7) is 5.20. The summed E-state index contributed by atoms with van der Waals surface area (Å²) in [7, 11) is 1.39. The van der Waals surface area contributed by atoms with Gasteiger partial charge in [0.2, 0.25) is 5.82 Å². The average molecular weight is 602 g/mol. The number of carbonyl (C=O) groups excluding carboxylic acids is 2. The molecule has 15 heteroatoms. The molecule has 0 aliphatic carbocycles. The fraction of sp³-hybridized carbons (Fsp3) is 0.593. The Kier molecular flexibility index (Phi) is 7.96. The third-order valence-corrected chi connectivity index (χ3v) is 8.72. The first-order valence-corrected chi connectivity index (χ1v) is 13.5. The van der Waals surface area contributed by atoms with Crippen LogP contribution < -0.4 is 15.8 Å². The van der Waals surface area contributed by atoms with E-state index in [1.165, 1.54) is 14.0 Å². The Morgan fingerprint density at radius 1 is 1.21 bits per heavy atom. The predicted molar refractivity (Wildman–Crippen MR) is 138 cm³/mol. The van der Waals surface area contributed by atoms with E-state index in [2.05, 4.69) is 15.3 Å². The maximum Gasteiger partial charge on any atom is 0.417 e. The molecule has 2 aromatic rings. The van der Waals surface area contributed by atoms with Gasteiger partial charge in [0.05, 0.1) is 13.2 Å². The molecule has 230 valence electrons. The lowest BCUT2D eigenvalue weighted by Crippen LogP contribution is -2.47. The summed E-state index contributed by atoms with van der Waals surface area (Å²) in [5.41, 5.74) is 2.09. The number of primary amides is 1. The molecule has 10 nitrogen and oxygen atoms in total. The lowest BCUT2D eigenvalue weighted by molar-refractivity contribution is -0.272. The molecule has 0 bridgehead atoms. The van der Waals surface area contributed by atoms with Crippen molar-refractivity contribution in [3.63, 3.8) is 0 Å². The second-order valence-corrected chi connectivity index (χ2v) is 11.3. The number of hydrogen-bond acceptors (Lipinski definition) is 7. The first kappa shape index (κ1) is 30.2. The Morgan fingerprint density at radius 3 is 2.48 bits per heavy atom. The summed E-state index contributed by atoms with van der Waals surface area (Å²) in [5, 5.41) is 6.27. The molecular formula is C27H32F5N5O5. The van der Waals surface area contributed by atoms with Gasteiger partial charge in [0, 0.05) is 62.0 Å². The van der Waals surface area contributed by atoms with Crippen LogP contribution in [0.5, 0.6) is 5.75 Å². The molecule has 3 aliphatic rings. The standard InChI is InChI=1S/C27H32F5N5O5/c1-13-20(16-4-5-17(28)21(29)22(16)41-7-6-37-9-14-11-40-12-15(14)10-37)23(42-26(13,2)27(30,31)32)25(39)34-19-8-18(24(33)38)35-36(19)3/h4-5,8,13-15,20,23H,6-7,9-12H2,1-3H3,(H2,33,38)(H,34,39)/t13-,14-,15+,20-,23+,26+/m0/s1. The van der Waals surface area contributed by atoms with Crippen LogP contribution in [-0.2, 0) is 21.3 Å². The second kappa shape index (κ2) is 11.1. The number of nitrogens with zero attached hydrogens (tertiary/aromatic N) is 3. The van der Waals surface area contributed by atoms with Gasteiger partial charge in [-0.05, 0) is 13.0 Å². The van der Waals surface area contributed by atoms with Crippen molar-refractivity contribution in [1.29, 1.82) is 0 Å². The van der Waals surface area contributed by atoms with Gasteiger partial charge < -0.3 is 25.3 Å². The highest BCUT2D eigenvalue weighted by Gasteiger charge is 2.66. The Morgan fingerprint density at radius 2 is 1.88 bits per heavy atom. The predicted octanol–water partition coefficient (Wildman–Crippen LogP) is 2.83. The number of alkyl halides is 3. The summed E-state index contributed by atoms with van der Waals surface area (Å²) >= 11 is 0. The molecule has 3 fully saturated rings. The molecule has 0 spiro atoms. The smallest absolute Gasteiger partial charge is 0.417 e. The molecule has 2 amide bonds. The van der Waals surface area contributed by atoms with E-state index in [1.54, 1.807) is 0 Å². The van der Waals surface area contributed by atoms with E-state index < -0.39 is 58.9 Å². The number of halogens is 5. The highest BCUT2D eigenvalue weighted by Crippen LogP contribution is 2.55. The fourth-order valence-electron chi connectivity index (χ4n) is 6.13. The van der Waals surface area contributed by atoms with Crippen molar-refractivity contribution in [2.24, 2.45) is 30.5 Å². The maximum atomic E-state index is 15.2. The topological polar surface area (TPSA) is 121 Å². The van der Waals surface area contributed by atoms with Gasteiger partial charge >= 0.3 is 6.18 Å². The van der Waals surface area contributed by atoms with Crippen molar-refractivity contribution >= 4 is 17.6 Å². The first-order valence-electron chi connectivity index (χ1n) is 13.5. The largest absolute Gasteiger partial charge is 0.489 e. The molecule has 3 aliphatic heterocycles. The number of carbonyl (C=O) groups is 2. The molecule has 42 heavy (non-hydrogen) atoms. The zero-order valence-corrected chi connectivity index (χ0v) is 23.2. The highest BCUT2D eigenvalue weighted by atomic mass is 19.4. The van der Waals surface area contributed by atoms with Crippen LogP contribution >= 0.6 is 0 Å². The zero-order valence-electron chi connectivity index (χ0n) is 23.2. The summed E-state index contributed by atoms with van der Waals surface area (Å²) in [5.74, 6) is -7.16. The molecule has 0 radical (unpaired) electrons. The van der Waals surface area contributed by atoms with Crippen LogP contribution in [0.2, 0.25) is 0 Å². The number of amides is 2. The van der Waals surface area contributed by atoms with Crippen LogP contribution in [-0.4, -0.2) is 83.8 Å². The van der Waals surface area contributed by atoms with Crippen LogP contribution in [0.1, 0.15) is 35.8 Å². The van der Waals surface area contributed by atoms with Crippen molar-refractivity contribution in [2.75, 3.05) is 44.8 Å². The Bertz CT molecular complexity index is 1360. The fourth-order valence-corrected chi connectivity index (χ4v) is 6.13. The lowest BCUT2D eigenvalue weighted by atomic mass is 9.77. The van der Waals surface area contributed by atoms with Gasteiger partial charge in [-0.3, -0.25) is 19.2 Å².